The van der Waals surface area contributed by atoms with Crippen LogP contribution >= 0.6 is 27.3 Å². The van der Waals surface area contributed by atoms with Gasteiger partial charge in [0.05, 0.1) is 4.88 Å². The van der Waals surface area contributed by atoms with Crippen LogP contribution in [0.5, 0.6) is 5.75 Å². The summed E-state index contributed by atoms with van der Waals surface area (Å²) in [6, 6.07) is 6.18. The number of carbonyl (C=O) groups is 1. The number of nitrogens with two attached hydrogens (primary N) is 1. The van der Waals surface area contributed by atoms with E-state index in [4.69, 9.17) is 10.6 Å². The molecule has 4 nitrogen and oxygen atoms in total. The van der Waals surface area contributed by atoms with E-state index in [9.17, 15) is 9.18 Å². The van der Waals surface area contributed by atoms with E-state index in [1.165, 1.54) is 17.4 Å². The monoisotopic (exact) mass is 358 g/mol. The smallest absolute Gasteiger partial charge is 0.275 e. The van der Waals surface area contributed by atoms with Gasteiger partial charge in [-0.3, -0.25) is 10.2 Å². The van der Waals surface area contributed by atoms with E-state index in [-0.39, 0.29) is 18.3 Å². The first-order valence-corrected chi connectivity index (χ1v) is 7.30. The van der Waals surface area contributed by atoms with E-state index < -0.39 is 5.82 Å². The van der Waals surface area contributed by atoms with Crippen LogP contribution in [0.15, 0.2) is 28.7 Å². The average molecular weight is 359 g/mol. The highest BCUT2D eigenvalue weighted by atomic mass is 79.9. The number of nitrogen functional groups attached to an aromatic ring is 1. The van der Waals surface area contributed by atoms with Gasteiger partial charge in [0, 0.05) is 14.9 Å². The fourth-order valence-electron chi connectivity index (χ4n) is 1.59. The number of carbonyl (C=O) groups excluding carboxylic acids is 1. The van der Waals surface area contributed by atoms with Gasteiger partial charge in [0.25, 0.3) is 5.91 Å². The van der Waals surface area contributed by atoms with Gasteiger partial charge in [-0.05, 0) is 31.2 Å². The molecule has 0 aliphatic carbocycles. The molecule has 2 aromatic rings. The Kier molecular flexibility index (Phi) is 4.74. The molecule has 0 radical (unpaired) electrons. The minimum Gasteiger partial charge on any atom is -0.486 e. The number of ether oxygens (including phenoxy) is 1. The van der Waals surface area contributed by atoms with Crippen molar-refractivity contribution in [1.29, 1.82) is 0 Å². The number of hydrazine groups is 1. The zero-order valence-corrected chi connectivity index (χ0v) is 13.0. The Balaban J connectivity index is 2.13. The van der Waals surface area contributed by atoms with Crippen molar-refractivity contribution < 1.29 is 13.9 Å². The standard InChI is InChI=1S/C13H12BrFN2O2S/c1-7-8(4-12(20-7)13(18)17-16)6-19-11-5-9(14)2-3-10(11)15/h2-5H,6,16H2,1H3,(H,17,18). The summed E-state index contributed by atoms with van der Waals surface area (Å²) >= 11 is 4.57. The van der Waals surface area contributed by atoms with Crippen molar-refractivity contribution in [3.63, 3.8) is 0 Å². The number of hydrogen-bond acceptors (Lipinski definition) is 4. The molecule has 1 aromatic heterocycles. The molecule has 7 heteroatoms. The van der Waals surface area contributed by atoms with E-state index in [0.717, 1.165) is 14.9 Å². The Morgan fingerprint density at radius 1 is 1.50 bits per heavy atom. The van der Waals surface area contributed by atoms with E-state index in [1.54, 1.807) is 18.2 Å². The van der Waals surface area contributed by atoms with Crippen LogP contribution in [0.4, 0.5) is 4.39 Å². The lowest BCUT2D eigenvalue weighted by molar-refractivity contribution is 0.0957. The molecule has 3 N–H and O–H groups in total. The van der Waals surface area contributed by atoms with Crippen molar-refractivity contribution in [2.75, 3.05) is 0 Å². The maximum Gasteiger partial charge on any atom is 0.275 e. The molecule has 0 unspecified atom stereocenters. The van der Waals surface area contributed by atoms with Crippen LogP contribution in [0.2, 0.25) is 0 Å². The lowest BCUT2D eigenvalue weighted by Gasteiger charge is -2.07. The summed E-state index contributed by atoms with van der Waals surface area (Å²) in [6.45, 7) is 2.06. The Labute approximate surface area is 127 Å². The van der Waals surface area contributed by atoms with Crippen molar-refractivity contribution in [2.45, 2.75) is 13.5 Å². The van der Waals surface area contributed by atoms with Gasteiger partial charge in [-0.2, -0.15) is 0 Å². The summed E-state index contributed by atoms with van der Waals surface area (Å²) in [4.78, 5) is 12.8. The molecule has 0 bridgehead atoms. The molecule has 0 aliphatic rings. The zero-order valence-electron chi connectivity index (χ0n) is 10.6. The lowest BCUT2D eigenvalue weighted by atomic mass is 10.2. The number of hydrogen-bond donors (Lipinski definition) is 2. The van der Waals surface area contributed by atoms with Crippen LogP contribution in [-0.2, 0) is 6.61 Å². The number of amides is 1. The molecule has 0 fully saturated rings. The molecule has 0 aliphatic heterocycles. The van der Waals surface area contributed by atoms with E-state index in [1.807, 2.05) is 6.92 Å². The summed E-state index contributed by atoms with van der Waals surface area (Å²) in [6.07, 6.45) is 0. The molecule has 106 valence electrons. The maximum absolute atomic E-state index is 13.5. The highest BCUT2D eigenvalue weighted by Crippen LogP contribution is 2.26. The van der Waals surface area contributed by atoms with Crippen molar-refractivity contribution >= 4 is 33.2 Å². The van der Waals surface area contributed by atoms with Gasteiger partial charge in [-0.15, -0.1) is 11.3 Å². The first-order valence-electron chi connectivity index (χ1n) is 5.69. The second-order valence-electron chi connectivity index (χ2n) is 4.03. The number of rotatable bonds is 4. The van der Waals surface area contributed by atoms with Crippen LogP contribution in [0, 0.1) is 12.7 Å². The molecular formula is C13H12BrFN2O2S. The molecule has 1 amide bonds. The Morgan fingerprint density at radius 3 is 2.95 bits per heavy atom. The molecule has 0 spiro atoms. The lowest BCUT2D eigenvalue weighted by Crippen LogP contribution is -2.29. The summed E-state index contributed by atoms with van der Waals surface area (Å²) in [5.41, 5.74) is 2.90. The van der Waals surface area contributed by atoms with Gasteiger partial charge < -0.3 is 4.74 Å². The van der Waals surface area contributed by atoms with Gasteiger partial charge in [-0.1, -0.05) is 15.9 Å². The minimum absolute atomic E-state index is 0.162. The van der Waals surface area contributed by atoms with E-state index >= 15 is 0 Å². The average Bonchev–Trinajstić information content (AvgIpc) is 2.80. The van der Waals surface area contributed by atoms with Crippen molar-refractivity contribution in [3.05, 3.63) is 49.9 Å². The minimum atomic E-state index is -0.430. The van der Waals surface area contributed by atoms with Crippen LogP contribution in [0.25, 0.3) is 0 Å². The highest BCUT2D eigenvalue weighted by Gasteiger charge is 2.12. The topological polar surface area (TPSA) is 64.4 Å². The van der Waals surface area contributed by atoms with Crippen LogP contribution in [0.3, 0.4) is 0 Å². The van der Waals surface area contributed by atoms with Crippen molar-refractivity contribution in [2.24, 2.45) is 5.84 Å². The van der Waals surface area contributed by atoms with Gasteiger partial charge in [-0.25, -0.2) is 10.2 Å². The first-order chi connectivity index (χ1) is 9.51. The normalized spacial score (nSPS) is 10.4. The summed E-state index contributed by atoms with van der Waals surface area (Å²) < 4.78 is 19.7. The maximum atomic E-state index is 13.5. The van der Waals surface area contributed by atoms with Crippen LogP contribution in [0.1, 0.15) is 20.1 Å². The molecule has 0 atom stereocenters. The van der Waals surface area contributed by atoms with Crippen LogP contribution in [-0.4, -0.2) is 5.91 Å². The zero-order chi connectivity index (χ0) is 14.7. The third-order valence-electron chi connectivity index (χ3n) is 2.65. The molecular weight excluding hydrogens is 347 g/mol. The summed E-state index contributed by atoms with van der Waals surface area (Å²) in [5, 5.41) is 0. The third-order valence-corrected chi connectivity index (χ3v) is 4.24. The van der Waals surface area contributed by atoms with Gasteiger partial charge in [0.15, 0.2) is 11.6 Å². The van der Waals surface area contributed by atoms with Crippen molar-refractivity contribution in [3.8, 4) is 5.75 Å². The molecule has 0 saturated carbocycles. The van der Waals surface area contributed by atoms with Gasteiger partial charge in [0.2, 0.25) is 0 Å². The SMILES string of the molecule is Cc1sc(C(=O)NN)cc1COc1cc(Br)ccc1F. The number of halogens is 2. The Hall–Kier alpha value is -1.44. The van der Waals surface area contributed by atoms with Gasteiger partial charge in [0.1, 0.15) is 6.61 Å². The number of nitrogens with one attached hydrogen (secondary N) is 1. The molecule has 20 heavy (non-hydrogen) atoms. The largest absolute Gasteiger partial charge is 0.486 e. The molecule has 2 rings (SSSR count). The number of thiophene rings is 1. The number of benzene rings is 1. The number of aryl methyl sites for hydroxylation is 1. The second-order valence-corrected chi connectivity index (χ2v) is 6.20. The van der Waals surface area contributed by atoms with Crippen molar-refractivity contribution in [1.82, 2.24) is 5.43 Å². The van der Waals surface area contributed by atoms with Crippen LogP contribution < -0.4 is 16.0 Å². The second kappa shape index (κ2) is 6.34. The quantitative estimate of drug-likeness (QED) is 0.501. The Morgan fingerprint density at radius 2 is 2.25 bits per heavy atom. The third kappa shape index (κ3) is 3.36. The highest BCUT2D eigenvalue weighted by molar-refractivity contribution is 9.10. The first kappa shape index (κ1) is 15.0. The molecule has 1 heterocycles. The summed E-state index contributed by atoms with van der Waals surface area (Å²) in [7, 11) is 0. The van der Waals surface area contributed by atoms with E-state index in [0.29, 0.717) is 4.88 Å². The summed E-state index contributed by atoms with van der Waals surface area (Å²) in [5.74, 6) is 4.47. The van der Waals surface area contributed by atoms with E-state index in [2.05, 4.69) is 21.4 Å². The van der Waals surface area contributed by atoms with Gasteiger partial charge >= 0.3 is 0 Å². The molecule has 0 saturated heterocycles. The predicted molar refractivity (Wildman–Crippen MR) is 79.1 cm³/mol. The Bertz CT molecular complexity index is 645. The fourth-order valence-corrected chi connectivity index (χ4v) is 2.86. The fraction of sp³-hybridized carbons (Fsp3) is 0.154. The predicted octanol–water partition coefficient (Wildman–Crippen LogP) is 3.14. The molecule has 1 aromatic carbocycles.